The maximum atomic E-state index is 12.9. The van der Waals surface area contributed by atoms with E-state index in [1.165, 1.54) is 25.8 Å². The molecule has 3 rings (SSSR count). The maximum Gasteiger partial charge on any atom is 0.491 e. The molecule has 1 saturated heterocycles. The van der Waals surface area contributed by atoms with Crippen LogP contribution in [-0.2, 0) is 23.1 Å². The number of carbonyl (C=O) groups excluding carboxylic acids is 1. The van der Waals surface area contributed by atoms with E-state index >= 15 is 0 Å². The van der Waals surface area contributed by atoms with Crippen molar-refractivity contribution >= 4 is 34.8 Å². The Labute approximate surface area is 173 Å². The number of ether oxygens (including phenoxy) is 1. The number of nitrogens with one attached hydrogen (secondary N) is 1. The van der Waals surface area contributed by atoms with Crippen LogP contribution in [0.1, 0.15) is 6.92 Å². The molecule has 1 fully saturated rings. The molecule has 1 aliphatic heterocycles. The van der Waals surface area contributed by atoms with Gasteiger partial charge in [0.15, 0.2) is 22.5 Å². The van der Waals surface area contributed by atoms with Crippen molar-refractivity contribution in [2.24, 2.45) is 7.05 Å². The number of piperazine rings is 1. The standard InChI is InChI=1S/C17H19F3N6O3S/c1-4-5-7-26-11-12(23-16(30-3)24(2)13(11)27)22-15(26)25-8-6-21-9-10(25)29-14(28)17(18,19)20/h10,21H,6-9H2,1-3H3. The fourth-order valence-electron chi connectivity index (χ4n) is 3.04. The SMILES string of the molecule is CC#CCn1c(N2CCNCC2OC(=O)C(F)(F)F)nc2nc(SC)n(C)c(=O)c21. The van der Waals surface area contributed by atoms with Gasteiger partial charge in [0.1, 0.15) is 0 Å². The highest BCUT2D eigenvalue weighted by Gasteiger charge is 2.44. The maximum absolute atomic E-state index is 12.9. The van der Waals surface area contributed by atoms with Gasteiger partial charge in [-0.15, -0.1) is 5.92 Å². The molecule has 0 bridgehead atoms. The number of hydrogen-bond donors (Lipinski definition) is 1. The second-order valence-electron chi connectivity index (χ2n) is 6.31. The lowest BCUT2D eigenvalue weighted by atomic mass is 10.3. The first-order valence-electron chi connectivity index (χ1n) is 8.85. The van der Waals surface area contributed by atoms with E-state index in [2.05, 4.69) is 31.9 Å². The zero-order valence-electron chi connectivity index (χ0n) is 16.4. The molecule has 0 amide bonds. The molecule has 2 aromatic rings. The first kappa shape index (κ1) is 22.0. The second-order valence-corrected chi connectivity index (χ2v) is 7.09. The van der Waals surface area contributed by atoms with Crippen LogP contribution in [0.25, 0.3) is 11.2 Å². The summed E-state index contributed by atoms with van der Waals surface area (Å²) in [6.45, 7) is 2.28. The zero-order valence-corrected chi connectivity index (χ0v) is 17.2. The molecular weight excluding hydrogens is 425 g/mol. The van der Waals surface area contributed by atoms with Crippen LogP contribution in [0.15, 0.2) is 9.95 Å². The molecule has 0 aliphatic carbocycles. The van der Waals surface area contributed by atoms with Gasteiger partial charge in [0, 0.05) is 20.1 Å². The summed E-state index contributed by atoms with van der Waals surface area (Å²) < 4.78 is 45.7. The molecule has 1 aliphatic rings. The van der Waals surface area contributed by atoms with Gasteiger partial charge in [0.25, 0.3) is 5.56 Å². The molecule has 162 valence electrons. The van der Waals surface area contributed by atoms with Crippen molar-refractivity contribution in [1.29, 1.82) is 0 Å². The minimum Gasteiger partial charge on any atom is -0.433 e. The molecule has 13 heteroatoms. The Balaban J connectivity index is 2.14. The average molecular weight is 444 g/mol. The fraction of sp³-hybridized carbons (Fsp3) is 0.529. The van der Waals surface area contributed by atoms with E-state index in [0.29, 0.717) is 11.7 Å². The van der Waals surface area contributed by atoms with Crippen LogP contribution in [0.2, 0.25) is 0 Å². The smallest absolute Gasteiger partial charge is 0.433 e. The van der Waals surface area contributed by atoms with Crippen LogP contribution in [0.5, 0.6) is 0 Å². The minimum absolute atomic E-state index is 0.0357. The van der Waals surface area contributed by atoms with E-state index in [9.17, 15) is 22.8 Å². The van der Waals surface area contributed by atoms with E-state index < -0.39 is 18.4 Å². The van der Waals surface area contributed by atoms with Crippen LogP contribution < -0.4 is 15.8 Å². The number of nitrogens with zero attached hydrogens (tertiary/aromatic N) is 5. The fourth-order valence-corrected chi connectivity index (χ4v) is 3.58. The van der Waals surface area contributed by atoms with E-state index in [1.54, 1.807) is 20.2 Å². The molecule has 9 nitrogen and oxygen atoms in total. The van der Waals surface area contributed by atoms with E-state index in [4.69, 9.17) is 0 Å². The number of alkyl halides is 3. The number of esters is 1. The van der Waals surface area contributed by atoms with Crippen molar-refractivity contribution in [3.63, 3.8) is 0 Å². The number of carbonyl (C=O) groups is 1. The van der Waals surface area contributed by atoms with Crippen molar-refractivity contribution in [1.82, 2.24) is 24.4 Å². The minimum atomic E-state index is -5.12. The number of halogens is 3. The van der Waals surface area contributed by atoms with Crippen LogP contribution in [0.3, 0.4) is 0 Å². The molecule has 1 N–H and O–H groups in total. The molecule has 2 aromatic heterocycles. The third-order valence-corrected chi connectivity index (χ3v) is 5.18. The van der Waals surface area contributed by atoms with Crippen molar-refractivity contribution in [3.05, 3.63) is 10.4 Å². The van der Waals surface area contributed by atoms with Crippen LogP contribution >= 0.6 is 11.8 Å². The topological polar surface area (TPSA) is 94.3 Å². The predicted molar refractivity (Wildman–Crippen MR) is 104 cm³/mol. The predicted octanol–water partition coefficient (Wildman–Crippen LogP) is 0.716. The van der Waals surface area contributed by atoms with Crippen molar-refractivity contribution in [3.8, 4) is 11.8 Å². The van der Waals surface area contributed by atoms with Gasteiger partial charge >= 0.3 is 12.1 Å². The Hall–Kier alpha value is -2.72. The Bertz CT molecular complexity index is 1080. The molecular formula is C17H19F3N6O3S. The third-order valence-electron chi connectivity index (χ3n) is 4.45. The van der Waals surface area contributed by atoms with Gasteiger partial charge in [-0.05, 0) is 13.2 Å². The van der Waals surface area contributed by atoms with Gasteiger partial charge in [0.05, 0.1) is 13.1 Å². The van der Waals surface area contributed by atoms with Gasteiger partial charge in [-0.2, -0.15) is 18.2 Å². The van der Waals surface area contributed by atoms with E-state index in [1.807, 2.05) is 0 Å². The number of rotatable bonds is 4. The molecule has 3 heterocycles. The van der Waals surface area contributed by atoms with E-state index in [0.717, 1.165) is 0 Å². The molecule has 1 atom stereocenters. The first-order valence-corrected chi connectivity index (χ1v) is 10.1. The summed E-state index contributed by atoms with van der Waals surface area (Å²) in [6.07, 6.45) is -4.62. The van der Waals surface area contributed by atoms with Gasteiger partial charge in [-0.1, -0.05) is 17.7 Å². The summed E-state index contributed by atoms with van der Waals surface area (Å²) in [4.78, 5) is 34.5. The largest absolute Gasteiger partial charge is 0.491 e. The van der Waals surface area contributed by atoms with Crippen molar-refractivity contribution in [2.75, 3.05) is 30.8 Å². The summed E-state index contributed by atoms with van der Waals surface area (Å²) in [5, 5.41) is 3.33. The number of anilines is 1. The lowest BCUT2D eigenvalue weighted by Gasteiger charge is -2.36. The summed E-state index contributed by atoms with van der Waals surface area (Å²) in [5.41, 5.74) is -0.0396. The highest BCUT2D eigenvalue weighted by atomic mass is 32.2. The third kappa shape index (κ3) is 4.10. The Morgan fingerprint density at radius 3 is 2.77 bits per heavy atom. The van der Waals surface area contributed by atoms with Crippen molar-refractivity contribution < 1.29 is 22.7 Å². The molecule has 30 heavy (non-hydrogen) atoms. The number of imidazole rings is 1. The molecule has 1 unspecified atom stereocenters. The normalized spacial score (nSPS) is 17.0. The van der Waals surface area contributed by atoms with Gasteiger partial charge < -0.3 is 15.0 Å². The Kier molecular flexibility index (Phi) is 6.27. The van der Waals surface area contributed by atoms with Gasteiger partial charge in [-0.25, -0.2) is 9.78 Å². The molecule has 0 saturated carbocycles. The quantitative estimate of drug-likeness (QED) is 0.319. The number of thioether (sulfide) groups is 1. The van der Waals surface area contributed by atoms with Crippen LogP contribution in [0.4, 0.5) is 19.1 Å². The monoisotopic (exact) mass is 444 g/mol. The summed E-state index contributed by atoms with van der Waals surface area (Å²) in [5.74, 6) is 3.43. The zero-order chi connectivity index (χ0) is 22.1. The summed E-state index contributed by atoms with van der Waals surface area (Å²) in [6, 6.07) is 0. The van der Waals surface area contributed by atoms with Gasteiger partial charge in [-0.3, -0.25) is 13.9 Å². The lowest BCUT2D eigenvalue weighted by Crippen LogP contribution is -2.55. The number of hydrogen-bond acceptors (Lipinski definition) is 8. The van der Waals surface area contributed by atoms with Crippen molar-refractivity contribution in [2.45, 2.75) is 31.0 Å². The Morgan fingerprint density at radius 2 is 2.13 bits per heavy atom. The van der Waals surface area contributed by atoms with E-state index in [-0.39, 0.29) is 42.3 Å². The lowest BCUT2D eigenvalue weighted by molar-refractivity contribution is -0.205. The highest BCUT2D eigenvalue weighted by molar-refractivity contribution is 7.98. The van der Waals surface area contributed by atoms with Gasteiger partial charge in [0.2, 0.25) is 5.95 Å². The first-order chi connectivity index (χ1) is 14.2. The number of aromatic nitrogens is 4. The Morgan fingerprint density at radius 1 is 1.40 bits per heavy atom. The summed E-state index contributed by atoms with van der Waals surface area (Å²) >= 11 is 1.26. The molecule has 0 radical (unpaired) electrons. The number of fused-ring (bicyclic) bond motifs is 1. The highest BCUT2D eigenvalue weighted by Crippen LogP contribution is 2.25. The molecule has 0 aromatic carbocycles. The van der Waals surface area contributed by atoms with Crippen LogP contribution in [0, 0.1) is 11.8 Å². The average Bonchev–Trinajstić information content (AvgIpc) is 3.07. The molecule has 0 spiro atoms. The summed E-state index contributed by atoms with van der Waals surface area (Å²) in [7, 11) is 1.57. The van der Waals surface area contributed by atoms with Crippen LogP contribution in [-0.4, -0.2) is 63.4 Å². The second kappa shape index (κ2) is 8.57.